The van der Waals surface area contributed by atoms with Crippen molar-refractivity contribution < 1.29 is 9.13 Å². The minimum Gasteiger partial charge on any atom is -0.376 e. The Kier molecular flexibility index (Phi) is 8.21. The Balaban J connectivity index is 0.00000225. The quantitative estimate of drug-likeness (QED) is 0.425. The third-order valence-electron chi connectivity index (χ3n) is 4.58. The minimum absolute atomic E-state index is 0. The fourth-order valence-electron chi connectivity index (χ4n) is 3.27. The van der Waals surface area contributed by atoms with E-state index in [9.17, 15) is 4.39 Å². The summed E-state index contributed by atoms with van der Waals surface area (Å²) in [6.45, 7) is 7.77. The number of halogens is 2. The monoisotopic (exact) mass is 462 g/mol. The van der Waals surface area contributed by atoms with E-state index in [0.29, 0.717) is 5.69 Å². The molecule has 2 saturated heterocycles. The van der Waals surface area contributed by atoms with Gasteiger partial charge in [-0.05, 0) is 31.9 Å². The summed E-state index contributed by atoms with van der Waals surface area (Å²) < 4.78 is 19.6. The van der Waals surface area contributed by atoms with Crippen molar-refractivity contribution in [3.8, 4) is 0 Å². The summed E-state index contributed by atoms with van der Waals surface area (Å²) in [6.07, 6.45) is 2.50. The van der Waals surface area contributed by atoms with Crippen molar-refractivity contribution in [3.63, 3.8) is 0 Å². The number of piperazine rings is 1. The van der Waals surface area contributed by atoms with Crippen LogP contribution >= 0.6 is 24.0 Å². The van der Waals surface area contributed by atoms with Gasteiger partial charge >= 0.3 is 0 Å². The van der Waals surface area contributed by atoms with Gasteiger partial charge in [-0.1, -0.05) is 12.1 Å². The number of benzene rings is 1. The van der Waals surface area contributed by atoms with Crippen molar-refractivity contribution >= 4 is 35.6 Å². The van der Waals surface area contributed by atoms with Crippen LogP contribution in [0.4, 0.5) is 10.1 Å². The molecule has 1 N–H and O–H groups in total. The standard InChI is InChI=1S/C18H27FN4O.HI/c1-2-20-18(21-14-15-6-5-13-24-15)23-11-9-22(10-12-23)17-8-4-3-7-16(17)19;/h3-4,7-8,15H,2,5-6,9-14H2,1H3,(H,20,21);1H. The smallest absolute Gasteiger partial charge is 0.194 e. The summed E-state index contributed by atoms with van der Waals surface area (Å²) in [5, 5.41) is 3.37. The molecule has 0 saturated carbocycles. The van der Waals surface area contributed by atoms with E-state index in [4.69, 9.17) is 9.73 Å². The maximum atomic E-state index is 13.9. The van der Waals surface area contributed by atoms with E-state index in [1.807, 2.05) is 12.1 Å². The maximum Gasteiger partial charge on any atom is 0.194 e. The van der Waals surface area contributed by atoms with Crippen LogP contribution in [0.25, 0.3) is 0 Å². The van der Waals surface area contributed by atoms with Crippen LogP contribution in [0, 0.1) is 5.82 Å². The first-order chi connectivity index (χ1) is 11.8. The highest BCUT2D eigenvalue weighted by molar-refractivity contribution is 14.0. The van der Waals surface area contributed by atoms with Crippen LogP contribution in [0.1, 0.15) is 19.8 Å². The highest BCUT2D eigenvalue weighted by atomic mass is 127. The molecule has 3 rings (SSSR count). The van der Waals surface area contributed by atoms with Gasteiger partial charge in [-0.25, -0.2) is 4.39 Å². The summed E-state index contributed by atoms with van der Waals surface area (Å²) in [4.78, 5) is 9.11. The Morgan fingerprint density at radius 3 is 2.68 bits per heavy atom. The summed E-state index contributed by atoms with van der Waals surface area (Å²) >= 11 is 0. The zero-order valence-electron chi connectivity index (χ0n) is 14.8. The molecule has 2 heterocycles. The normalized spacial score (nSPS) is 21.2. The molecule has 0 aliphatic carbocycles. The number of nitrogens with zero attached hydrogens (tertiary/aromatic N) is 3. The lowest BCUT2D eigenvalue weighted by atomic mass is 10.2. The Morgan fingerprint density at radius 2 is 2.04 bits per heavy atom. The molecule has 2 fully saturated rings. The molecular weight excluding hydrogens is 434 g/mol. The summed E-state index contributed by atoms with van der Waals surface area (Å²) in [6, 6.07) is 6.99. The van der Waals surface area contributed by atoms with Crippen LogP contribution in [0.2, 0.25) is 0 Å². The van der Waals surface area contributed by atoms with E-state index in [-0.39, 0.29) is 35.9 Å². The van der Waals surface area contributed by atoms with Crippen molar-refractivity contribution in [2.24, 2.45) is 4.99 Å². The average Bonchev–Trinajstić information content (AvgIpc) is 3.13. The fourth-order valence-corrected chi connectivity index (χ4v) is 3.27. The third kappa shape index (κ3) is 5.44. The molecule has 140 valence electrons. The molecule has 1 aromatic carbocycles. The van der Waals surface area contributed by atoms with Crippen LogP contribution in [0.5, 0.6) is 0 Å². The number of rotatable bonds is 4. The van der Waals surface area contributed by atoms with Gasteiger partial charge in [-0.3, -0.25) is 4.99 Å². The van der Waals surface area contributed by atoms with Crippen LogP contribution in [-0.2, 0) is 4.74 Å². The molecule has 0 amide bonds. The molecule has 0 spiro atoms. The van der Waals surface area contributed by atoms with Gasteiger partial charge in [0.05, 0.1) is 18.3 Å². The van der Waals surface area contributed by atoms with Crippen molar-refractivity contribution in [3.05, 3.63) is 30.1 Å². The fraction of sp³-hybridized carbons (Fsp3) is 0.611. The van der Waals surface area contributed by atoms with E-state index in [2.05, 4.69) is 22.0 Å². The number of anilines is 1. The van der Waals surface area contributed by atoms with Gasteiger partial charge in [0.1, 0.15) is 5.82 Å². The molecule has 0 aromatic heterocycles. The first-order valence-corrected chi connectivity index (χ1v) is 8.92. The van der Waals surface area contributed by atoms with Crippen molar-refractivity contribution in [2.45, 2.75) is 25.9 Å². The molecule has 25 heavy (non-hydrogen) atoms. The second-order valence-corrected chi connectivity index (χ2v) is 6.26. The Morgan fingerprint density at radius 1 is 1.28 bits per heavy atom. The zero-order valence-corrected chi connectivity index (χ0v) is 17.1. The highest BCUT2D eigenvalue weighted by Gasteiger charge is 2.22. The van der Waals surface area contributed by atoms with Crippen LogP contribution in [0.3, 0.4) is 0 Å². The van der Waals surface area contributed by atoms with Gasteiger partial charge in [0, 0.05) is 39.3 Å². The van der Waals surface area contributed by atoms with Crippen LogP contribution < -0.4 is 10.2 Å². The number of aliphatic imine (C=N–C) groups is 1. The summed E-state index contributed by atoms with van der Waals surface area (Å²) in [5.74, 6) is 0.797. The number of nitrogens with one attached hydrogen (secondary N) is 1. The Bertz CT molecular complexity index is 558. The highest BCUT2D eigenvalue weighted by Crippen LogP contribution is 2.20. The number of para-hydroxylation sites is 1. The van der Waals surface area contributed by atoms with Gasteiger partial charge in [-0.2, -0.15) is 0 Å². The second kappa shape index (κ2) is 10.2. The molecule has 7 heteroatoms. The van der Waals surface area contributed by atoms with Crippen molar-refractivity contribution in [2.75, 3.05) is 50.8 Å². The molecular formula is C18H28FIN4O. The van der Waals surface area contributed by atoms with Gasteiger partial charge in [0.2, 0.25) is 0 Å². The lowest BCUT2D eigenvalue weighted by Crippen LogP contribution is -2.53. The predicted molar refractivity (Wildman–Crippen MR) is 111 cm³/mol. The van der Waals surface area contributed by atoms with E-state index in [1.165, 1.54) is 6.07 Å². The molecule has 0 radical (unpaired) electrons. The predicted octanol–water partition coefficient (Wildman–Crippen LogP) is 2.71. The van der Waals surface area contributed by atoms with Gasteiger partial charge < -0.3 is 19.9 Å². The Hall–Kier alpha value is -1.09. The van der Waals surface area contributed by atoms with Gasteiger partial charge in [0.25, 0.3) is 0 Å². The minimum atomic E-state index is -0.148. The van der Waals surface area contributed by atoms with Crippen LogP contribution in [0.15, 0.2) is 29.3 Å². The third-order valence-corrected chi connectivity index (χ3v) is 4.58. The molecule has 1 aromatic rings. The number of ether oxygens (including phenoxy) is 1. The van der Waals surface area contributed by atoms with E-state index >= 15 is 0 Å². The van der Waals surface area contributed by atoms with E-state index in [1.54, 1.807) is 6.07 Å². The SMILES string of the molecule is CCNC(=NCC1CCCO1)N1CCN(c2ccccc2F)CC1.I. The molecule has 5 nitrogen and oxygen atoms in total. The number of hydrogen-bond donors (Lipinski definition) is 1. The van der Waals surface area contributed by atoms with E-state index in [0.717, 1.165) is 64.7 Å². The maximum absolute atomic E-state index is 13.9. The molecule has 1 atom stereocenters. The molecule has 2 aliphatic heterocycles. The van der Waals surface area contributed by atoms with E-state index < -0.39 is 0 Å². The Labute approximate surface area is 166 Å². The topological polar surface area (TPSA) is 40.1 Å². The first kappa shape index (κ1) is 20.2. The van der Waals surface area contributed by atoms with Crippen molar-refractivity contribution in [1.29, 1.82) is 0 Å². The van der Waals surface area contributed by atoms with Crippen LogP contribution in [-0.4, -0.2) is 62.8 Å². The largest absolute Gasteiger partial charge is 0.376 e. The van der Waals surface area contributed by atoms with Gasteiger partial charge in [0.15, 0.2) is 5.96 Å². The molecule has 0 bridgehead atoms. The zero-order chi connectivity index (χ0) is 16.8. The second-order valence-electron chi connectivity index (χ2n) is 6.26. The molecule has 1 unspecified atom stereocenters. The lowest BCUT2D eigenvalue weighted by molar-refractivity contribution is 0.117. The van der Waals surface area contributed by atoms with Crippen molar-refractivity contribution in [1.82, 2.24) is 10.2 Å². The summed E-state index contributed by atoms with van der Waals surface area (Å²) in [5.41, 5.74) is 0.693. The first-order valence-electron chi connectivity index (χ1n) is 8.92. The number of hydrogen-bond acceptors (Lipinski definition) is 3. The lowest BCUT2D eigenvalue weighted by Gasteiger charge is -2.37. The number of guanidine groups is 1. The summed E-state index contributed by atoms with van der Waals surface area (Å²) in [7, 11) is 0. The molecule has 2 aliphatic rings. The average molecular weight is 462 g/mol. The van der Waals surface area contributed by atoms with Gasteiger partial charge in [-0.15, -0.1) is 24.0 Å².